The van der Waals surface area contributed by atoms with Gasteiger partial charge < -0.3 is 10.1 Å². The molecule has 1 heterocycles. The van der Waals surface area contributed by atoms with Crippen LogP contribution in [0.2, 0.25) is 0 Å². The molecule has 2 saturated carbocycles. The molecule has 1 spiro atoms. The highest BCUT2D eigenvalue weighted by atomic mass is 16.5. The third kappa shape index (κ3) is 2.84. The van der Waals surface area contributed by atoms with Gasteiger partial charge in [0.15, 0.2) is 0 Å². The molecule has 1 N–H and O–H groups in total. The van der Waals surface area contributed by atoms with Gasteiger partial charge in [-0.3, -0.25) is 4.79 Å². The molecule has 25 heavy (non-hydrogen) atoms. The van der Waals surface area contributed by atoms with Crippen LogP contribution in [-0.2, 0) is 11.3 Å². The summed E-state index contributed by atoms with van der Waals surface area (Å²) in [5, 5.41) is 7.40. The van der Waals surface area contributed by atoms with Crippen LogP contribution in [0.1, 0.15) is 48.5 Å². The van der Waals surface area contributed by atoms with Gasteiger partial charge in [0.2, 0.25) is 0 Å². The van der Waals surface area contributed by atoms with Crippen LogP contribution >= 0.6 is 0 Å². The summed E-state index contributed by atoms with van der Waals surface area (Å²) in [6.45, 7) is 3.33. The Morgan fingerprint density at radius 1 is 1.40 bits per heavy atom. The van der Waals surface area contributed by atoms with Crippen molar-refractivity contribution in [3.63, 3.8) is 0 Å². The van der Waals surface area contributed by atoms with E-state index in [2.05, 4.69) is 15.4 Å². The molecule has 1 aromatic carbocycles. The second-order valence-corrected chi connectivity index (χ2v) is 7.04. The van der Waals surface area contributed by atoms with Crippen LogP contribution in [0.3, 0.4) is 0 Å². The average molecular weight is 340 g/mol. The molecule has 6 nitrogen and oxygen atoms in total. The fourth-order valence-electron chi connectivity index (χ4n) is 4.25. The molecule has 2 aliphatic rings. The number of carbonyl (C=O) groups excluding carboxylic acids is 1. The minimum Gasteiger partial charge on any atom is -0.378 e. The Labute approximate surface area is 147 Å². The van der Waals surface area contributed by atoms with E-state index < -0.39 is 0 Å². The van der Waals surface area contributed by atoms with Gasteiger partial charge in [0.25, 0.3) is 5.91 Å². The molecule has 0 saturated heterocycles. The molecule has 4 rings (SSSR count). The summed E-state index contributed by atoms with van der Waals surface area (Å²) in [6, 6.07) is 7.94. The Bertz CT molecular complexity index is 740. The van der Waals surface area contributed by atoms with Crippen LogP contribution in [0, 0.1) is 5.41 Å². The van der Waals surface area contributed by atoms with Crippen molar-refractivity contribution < 1.29 is 9.53 Å². The molecule has 0 bridgehead atoms. The first-order valence-corrected chi connectivity index (χ1v) is 9.06. The number of nitrogens with zero attached hydrogens (tertiary/aromatic N) is 3. The van der Waals surface area contributed by atoms with Crippen LogP contribution in [0.25, 0.3) is 0 Å². The molecular weight excluding hydrogens is 316 g/mol. The normalized spacial score (nSPS) is 23.7. The molecular formula is C19H24N4O2. The second kappa shape index (κ2) is 6.59. The number of hydrogen-bond donors (Lipinski definition) is 1. The number of hydrogen-bond acceptors (Lipinski definition) is 4. The SMILES string of the molecule is CCO[C@H]1C[C@@H](NC(=O)c2ccccc2Cn2cncn2)C12CCC2. The molecule has 1 aromatic heterocycles. The van der Waals surface area contributed by atoms with E-state index in [4.69, 9.17) is 4.74 Å². The molecule has 2 aromatic rings. The Morgan fingerprint density at radius 2 is 2.24 bits per heavy atom. The zero-order valence-corrected chi connectivity index (χ0v) is 14.5. The molecule has 0 unspecified atom stereocenters. The Morgan fingerprint density at radius 3 is 2.92 bits per heavy atom. The van der Waals surface area contributed by atoms with Gasteiger partial charge in [0.1, 0.15) is 12.7 Å². The van der Waals surface area contributed by atoms with E-state index in [1.807, 2.05) is 31.2 Å². The lowest BCUT2D eigenvalue weighted by molar-refractivity contribution is -0.169. The topological polar surface area (TPSA) is 69.0 Å². The van der Waals surface area contributed by atoms with Crippen LogP contribution in [0.4, 0.5) is 0 Å². The number of rotatable bonds is 6. The Hall–Kier alpha value is -2.21. The van der Waals surface area contributed by atoms with Crippen molar-refractivity contribution in [3.8, 4) is 0 Å². The molecule has 2 fully saturated rings. The zero-order valence-electron chi connectivity index (χ0n) is 14.5. The lowest BCUT2D eigenvalue weighted by Gasteiger charge is -2.61. The van der Waals surface area contributed by atoms with Gasteiger partial charge in [-0.05, 0) is 37.8 Å². The van der Waals surface area contributed by atoms with Gasteiger partial charge in [0, 0.05) is 23.6 Å². The fourth-order valence-corrected chi connectivity index (χ4v) is 4.25. The largest absolute Gasteiger partial charge is 0.378 e. The van der Waals surface area contributed by atoms with Gasteiger partial charge in [0.05, 0.1) is 12.6 Å². The van der Waals surface area contributed by atoms with Crippen molar-refractivity contribution in [2.24, 2.45) is 5.41 Å². The van der Waals surface area contributed by atoms with Gasteiger partial charge in [-0.15, -0.1) is 0 Å². The third-order valence-electron chi connectivity index (χ3n) is 5.80. The van der Waals surface area contributed by atoms with E-state index >= 15 is 0 Å². The molecule has 0 radical (unpaired) electrons. The maximum atomic E-state index is 12.9. The van der Waals surface area contributed by atoms with Crippen LogP contribution in [-0.4, -0.2) is 39.4 Å². The van der Waals surface area contributed by atoms with Crippen molar-refractivity contribution in [1.29, 1.82) is 0 Å². The molecule has 0 aliphatic heterocycles. The smallest absolute Gasteiger partial charge is 0.251 e. The molecule has 132 valence electrons. The fraction of sp³-hybridized carbons (Fsp3) is 0.526. The average Bonchev–Trinajstić information content (AvgIpc) is 3.05. The predicted molar refractivity (Wildman–Crippen MR) is 93.1 cm³/mol. The van der Waals surface area contributed by atoms with E-state index in [1.54, 1.807) is 11.0 Å². The molecule has 1 amide bonds. The Balaban J connectivity index is 1.47. The van der Waals surface area contributed by atoms with Crippen molar-refractivity contribution in [1.82, 2.24) is 20.1 Å². The summed E-state index contributed by atoms with van der Waals surface area (Å²) < 4.78 is 7.61. The first kappa shape index (κ1) is 16.3. The van der Waals surface area contributed by atoms with Crippen LogP contribution < -0.4 is 5.32 Å². The first-order valence-electron chi connectivity index (χ1n) is 9.06. The van der Waals surface area contributed by atoms with Gasteiger partial charge in [-0.2, -0.15) is 5.10 Å². The highest BCUT2D eigenvalue weighted by molar-refractivity contribution is 5.96. The quantitative estimate of drug-likeness (QED) is 0.877. The lowest BCUT2D eigenvalue weighted by atomic mass is 9.51. The maximum Gasteiger partial charge on any atom is 0.251 e. The van der Waals surface area contributed by atoms with Crippen molar-refractivity contribution >= 4 is 5.91 Å². The summed E-state index contributed by atoms with van der Waals surface area (Å²) in [5.74, 6) is 0.00180. The van der Waals surface area contributed by atoms with Gasteiger partial charge in [-0.1, -0.05) is 24.6 Å². The van der Waals surface area contributed by atoms with E-state index in [1.165, 1.54) is 12.7 Å². The number of benzene rings is 1. The van der Waals surface area contributed by atoms with E-state index in [0.29, 0.717) is 18.2 Å². The predicted octanol–water partition coefficient (Wildman–Crippen LogP) is 2.40. The number of ether oxygens (including phenoxy) is 1. The van der Waals surface area contributed by atoms with E-state index in [9.17, 15) is 4.79 Å². The molecule has 2 aliphatic carbocycles. The summed E-state index contributed by atoms with van der Waals surface area (Å²) in [7, 11) is 0. The molecule has 2 atom stereocenters. The first-order chi connectivity index (χ1) is 12.2. The summed E-state index contributed by atoms with van der Waals surface area (Å²) >= 11 is 0. The Kier molecular flexibility index (Phi) is 4.29. The lowest BCUT2D eigenvalue weighted by Crippen LogP contribution is -2.67. The van der Waals surface area contributed by atoms with Gasteiger partial charge in [-0.25, -0.2) is 9.67 Å². The third-order valence-corrected chi connectivity index (χ3v) is 5.80. The monoisotopic (exact) mass is 340 g/mol. The minimum atomic E-state index is 0.00180. The minimum absolute atomic E-state index is 0.00180. The van der Waals surface area contributed by atoms with E-state index in [-0.39, 0.29) is 17.4 Å². The molecule has 6 heteroatoms. The van der Waals surface area contributed by atoms with Crippen LogP contribution in [0.5, 0.6) is 0 Å². The standard InChI is InChI=1S/C19H24N4O2/c1-2-25-17-10-16(19(17)8-5-9-19)22-18(24)15-7-4-3-6-14(15)11-23-13-20-12-21-23/h3-4,6-7,12-13,16-17H,2,5,8-11H2,1H3,(H,22,24)/t16-,17+/m1/s1. The number of carbonyl (C=O) groups is 1. The van der Waals surface area contributed by atoms with Crippen LogP contribution in [0.15, 0.2) is 36.9 Å². The zero-order chi connectivity index (χ0) is 17.3. The van der Waals surface area contributed by atoms with Crippen molar-refractivity contribution in [2.45, 2.75) is 51.3 Å². The van der Waals surface area contributed by atoms with Gasteiger partial charge >= 0.3 is 0 Å². The summed E-state index contributed by atoms with van der Waals surface area (Å²) in [6.07, 6.45) is 7.94. The van der Waals surface area contributed by atoms with Crippen molar-refractivity contribution in [2.75, 3.05) is 6.61 Å². The highest BCUT2D eigenvalue weighted by Gasteiger charge is 2.59. The second-order valence-electron chi connectivity index (χ2n) is 7.04. The summed E-state index contributed by atoms with van der Waals surface area (Å²) in [4.78, 5) is 16.9. The highest BCUT2D eigenvalue weighted by Crippen LogP contribution is 2.57. The van der Waals surface area contributed by atoms with Crippen molar-refractivity contribution in [3.05, 3.63) is 48.0 Å². The summed E-state index contributed by atoms with van der Waals surface area (Å²) in [5.41, 5.74) is 1.84. The maximum absolute atomic E-state index is 12.9. The van der Waals surface area contributed by atoms with E-state index in [0.717, 1.165) is 31.4 Å². The number of nitrogens with one attached hydrogen (secondary N) is 1. The number of amides is 1. The number of aromatic nitrogens is 3.